The number of rotatable bonds is 4. The molecule has 5 rings (SSSR count). The van der Waals surface area contributed by atoms with Crippen molar-refractivity contribution in [1.29, 1.82) is 0 Å². The van der Waals surface area contributed by atoms with Crippen molar-refractivity contribution in [3.05, 3.63) is 100 Å². The van der Waals surface area contributed by atoms with Gasteiger partial charge in [0.15, 0.2) is 5.76 Å². The molecule has 5 heteroatoms. The molecule has 0 bridgehead atoms. The minimum absolute atomic E-state index is 0.118. The lowest BCUT2D eigenvalue weighted by Crippen LogP contribution is -2.31. The molecule has 0 radical (unpaired) electrons. The van der Waals surface area contributed by atoms with Gasteiger partial charge in [0.25, 0.3) is 0 Å². The van der Waals surface area contributed by atoms with E-state index >= 15 is 0 Å². The maximum Gasteiger partial charge on any atom is 0.231 e. The Kier molecular flexibility index (Phi) is 5.04. The lowest BCUT2D eigenvalue weighted by Gasteiger charge is -2.29. The highest BCUT2D eigenvalue weighted by Gasteiger charge is 2.33. The molecule has 0 saturated carbocycles. The zero-order valence-corrected chi connectivity index (χ0v) is 17.2. The van der Waals surface area contributed by atoms with Crippen LogP contribution in [0.5, 0.6) is 11.5 Å². The zero-order valence-electron chi connectivity index (χ0n) is 17.2. The second kappa shape index (κ2) is 8.00. The van der Waals surface area contributed by atoms with E-state index in [1.807, 2.05) is 18.2 Å². The Morgan fingerprint density at radius 2 is 1.74 bits per heavy atom. The number of carbonyl (C=O) groups excluding carboxylic acids is 1. The first-order valence-corrected chi connectivity index (χ1v) is 10.4. The standard InChI is InChI=1S/C26H22FNO3/c1-2-17-3-5-18(6-4-17)13-24-25(29)21-11-12-23-22(26(21)31-24)15-28(16-30-23)14-19-7-9-20(27)10-8-19/h3-13H,2,14-16H2,1H3/b24-13-. The monoisotopic (exact) mass is 415 g/mol. The smallest absolute Gasteiger partial charge is 0.231 e. The molecule has 2 aliphatic heterocycles. The predicted octanol–water partition coefficient (Wildman–Crippen LogP) is 5.36. The molecule has 0 saturated heterocycles. The maximum absolute atomic E-state index is 13.2. The van der Waals surface area contributed by atoms with E-state index in [0.717, 1.165) is 28.9 Å². The van der Waals surface area contributed by atoms with Gasteiger partial charge >= 0.3 is 0 Å². The molecule has 4 nitrogen and oxygen atoms in total. The van der Waals surface area contributed by atoms with Gasteiger partial charge in [-0.15, -0.1) is 0 Å². The molecular formula is C26H22FNO3. The van der Waals surface area contributed by atoms with E-state index < -0.39 is 0 Å². The van der Waals surface area contributed by atoms with Gasteiger partial charge in [-0.05, 0) is 53.5 Å². The number of ketones is 1. The normalized spacial score (nSPS) is 16.6. The molecule has 0 unspecified atom stereocenters. The van der Waals surface area contributed by atoms with Crippen LogP contribution in [-0.4, -0.2) is 17.4 Å². The van der Waals surface area contributed by atoms with Crippen LogP contribution < -0.4 is 9.47 Å². The summed E-state index contributed by atoms with van der Waals surface area (Å²) in [4.78, 5) is 15.0. The summed E-state index contributed by atoms with van der Waals surface area (Å²) in [5.41, 5.74) is 4.59. The fraction of sp³-hybridized carbons (Fsp3) is 0.192. The molecule has 156 valence electrons. The molecule has 3 aromatic carbocycles. The van der Waals surface area contributed by atoms with Crippen LogP contribution in [-0.2, 0) is 19.5 Å². The van der Waals surface area contributed by atoms with Crippen LogP contribution in [0.2, 0.25) is 0 Å². The Labute approximate surface area is 180 Å². The Morgan fingerprint density at radius 3 is 2.48 bits per heavy atom. The van der Waals surface area contributed by atoms with Crippen molar-refractivity contribution in [3.8, 4) is 11.5 Å². The third-order valence-corrected chi connectivity index (χ3v) is 5.69. The van der Waals surface area contributed by atoms with E-state index in [2.05, 4.69) is 24.0 Å². The van der Waals surface area contributed by atoms with Gasteiger partial charge in [0, 0.05) is 13.1 Å². The summed E-state index contributed by atoms with van der Waals surface area (Å²) >= 11 is 0. The van der Waals surface area contributed by atoms with E-state index in [9.17, 15) is 9.18 Å². The molecule has 0 amide bonds. The lowest BCUT2D eigenvalue weighted by molar-refractivity contribution is 0.0872. The summed E-state index contributed by atoms with van der Waals surface area (Å²) in [5.74, 6) is 1.26. The third-order valence-electron chi connectivity index (χ3n) is 5.69. The van der Waals surface area contributed by atoms with Crippen molar-refractivity contribution in [3.63, 3.8) is 0 Å². The van der Waals surface area contributed by atoms with E-state index in [1.54, 1.807) is 24.3 Å². The first kappa shape index (κ1) is 19.5. The third kappa shape index (κ3) is 3.84. The number of hydrogen-bond acceptors (Lipinski definition) is 4. The van der Waals surface area contributed by atoms with E-state index in [1.165, 1.54) is 17.7 Å². The van der Waals surface area contributed by atoms with Gasteiger partial charge in [-0.3, -0.25) is 9.69 Å². The number of fused-ring (bicyclic) bond motifs is 3. The molecule has 3 aromatic rings. The molecule has 0 aromatic heterocycles. The van der Waals surface area contributed by atoms with Crippen LogP contribution in [0, 0.1) is 5.82 Å². The fourth-order valence-corrected chi connectivity index (χ4v) is 3.95. The number of allylic oxidation sites excluding steroid dienone is 1. The molecular weight excluding hydrogens is 393 g/mol. The minimum Gasteiger partial charge on any atom is -0.478 e. The second-order valence-corrected chi connectivity index (χ2v) is 7.84. The topological polar surface area (TPSA) is 38.8 Å². The van der Waals surface area contributed by atoms with Crippen molar-refractivity contribution < 1.29 is 18.7 Å². The number of carbonyl (C=O) groups is 1. The lowest BCUT2D eigenvalue weighted by atomic mass is 10.0. The van der Waals surface area contributed by atoms with Crippen molar-refractivity contribution in [2.24, 2.45) is 0 Å². The first-order chi connectivity index (χ1) is 15.1. The summed E-state index contributed by atoms with van der Waals surface area (Å²) < 4.78 is 25.1. The highest BCUT2D eigenvalue weighted by Crippen LogP contribution is 2.42. The van der Waals surface area contributed by atoms with Crippen LogP contribution in [0.3, 0.4) is 0 Å². The zero-order chi connectivity index (χ0) is 21.4. The van der Waals surface area contributed by atoms with Crippen LogP contribution in [0.1, 0.15) is 39.5 Å². The summed E-state index contributed by atoms with van der Waals surface area (Å²) in [6.45, 7) is 3.73. The first-order valence-electron chi connectivity index (χ1n) is 10.4. The molecule has 2 aliphatic rings. The number of Topliss-reactive ketones (excluding diaryl/α,β-unsaturated/α-hetero) is 1. The second-order valence-electron chi connectivity index (χ2n) is 7.84. The van der Waals surface area contributed by atoms with Crippen LogP contribution in [0.15, 0.2) is 66.4 Å². The number of benzene rings is 3. The number of ether oxygens (including phenoxy) is 2. The molecule has 31 heavy (non-hydrogen) atoms. The van der Waals surface area contributed by atoms with Crippen LogP contribution in [0.4, 0.5) is 4.39 Å². The average molecular weight is 415 g/mol. The fourth-order valence-electron chi connectivity index (χ4n) is 3.95. The Balaban J connectivity index is 1.40. The van der Waals surface area contributed by atoms with E-state index in [-0.39, 0.29) is 11.6 Å². The Morgan fingerprint density at radius 1 is 1.00 bits per heavy atom. The van der Waals surface area contributed by atoms with Gasteiger partial charge in [-0.1, -0.05) is 43.3 Å². The number of halogens is 1. The number of hydrogen-bond donors (Lipinski definition) is 0. The van der Waals surface area contributed by atoms with Gasteiger partial charge in [-0.25, -0.2) is 4.39 Å². The van der Waals surface area contributed by atoms with Gasteiger partial charge in [0.2, 0.25) is 5.78 Å². The van der Waals surface area contributed by atoms with Gasteiger partial charge in [-0.2, -0.15) is 0 Å². The summed E-state index contributed by atoms with van der Waals surface area (Å²) in [6.07, 6.45) is 2.76. The molecule has 0 atom stereocenters. The maximum atomic E-state index is 13.2. The van der Waals surface area contributed by atoms with E-state index in [0.29, 0.717) is 36.9 Å². The Bertz CT molecular complexity index is 1170. The highest BCUT2D eigenvalue weighted by molar-refractivity contribution is 6.15. The Hall–Kier alpha value is -3.44. The molecule has 0 spiro atoms. The predicted molar refractivity (Wildman–Crippen MR) is 116 cm³/mol. The van der Waals surface area contributed by atoms with Crippen molar-refractivity contribution >= 4 is 11.9 Å². The summed E-state index contributed by atoms with van der Waals surface area (Å²) in [6, 6.07) is 18.2. The molecule has 0 aliphatic carbocycles. The van der Waals surface area contributed by atoms with Crippen molar-refractivity contribution in [2.45, 2.75) is 26.4 Å². The number of aryl methyl sites for hydroxylation is 1. The van der Waals surface area contributed by atoms with Crippen molar-refractivity contribution in [2.75, 3.05) is 6.73 Å². The van der Waals surface area contributed by atoms with Gasteiger partial charge in [0.05, 0.1) is 11.1 Å². The number of nitrogens with zero attached hydrogens (tertiary/aromatic N) is 1. The summed E-state index contributed by atoms with van der Waals surface area (Å²) in [5, 5.41) is 0. The molecule has 0 N–H and O–H groups in total. The average Bonchev–Trinajstić information content (AvgIpc) is 3.11. The van der Waals surface area contributed by atoms with Crippen molar-refractivity contribution in [1.82, 2.24) is 4.90 Å². The van der Waals surface area contributed by atoms with E-state index in [4.69, 9.17) is 9.47 Å². The molecule has 0 fully saturated rings. The minimum atomic E-state index is -0.252. The van der Waals surface area contributed by atoms with Gasteiger partial charge < -0.3 is 9.47 Å². The molecule has 2 heterocycles. The van der Waals surface area contributed by atoms with Crippen LogP contribution in [0.25, 0.3) is 6.08 Å². The SMILES string of the molecule is CCc1ccc(/C=C2\Oc3c(ccc4c3CN(Cc3ccc(F)cc3)CO4)C2=O)cc1. The largest absolute Gasteiger partial charge is 0.478 e. The highest BCUT2D eigenvalue weighted by atomic mass is 19.1. The van der Waals surface area contributed by atoms with Gasteiger partial charge in [0.1, 0.15) is 24.0 Å². The quantitative estimate of drug-likeness (QED) is 0.538. The summed E-state index contributed by atoms with van der Waals surface area (Å²) in [7, 11) is 0. The van der Waals surface area contributed by atoms with Crippen LogP contribution >= 0.6 is 0 Å².